The van der Waals surface area contributed by atoms with E-state index in [4.69, 9.17) is 9.57 Å². The van der Waals surface area contributed by atoms with Gasteiger partial charge in [0.25, 0.3) is 0 Å². The van der Waals surface area contributed by atoms with Crippen molar-refractivity contribution in [3.8, 4) is 0 Å². The number of nitrogens with one attached hydrogen (secondary N) is 1. The molecule has 6 heteroatoms. The number of nitrogens with zero attached hydrogens (tertiary/aromatic N) is 1. The number of benzene rings is 2. The summed E-state index contributed by atoms with van der Waals surface area (Å²) in [7, 11) is 0. The van der Waals surface area contributed by atoms with Gasteiger partial charge >= 0.3 is 6.09 Å². The van der Waals surface area contributed by atoms with E-state index in [9.17, 15) is 9.59 Å². The van der Waals surface area contributed by atoms with Crippen LogP contribution in [0.4, 0.5) is 4.79 Å². The predicted molar refractivity (Wildman–Crippen MR) is 119 cm³/mol. The number of amides is 2. The second-order valence-corrected chi connectivity index (χ2v) is 8.55. The van der Waals surface area contributed by atoms with Crippen LogP contribution in [0.2, 0.25) is 0 Å². The van der Waals surface area contributed by atoms with Gasteiger partial charge in [0.15, 0.2) is 0 Å². The molecule has 1 N–H and O–H groups in total. The molecule has 6 nitrogen and oxygen atoms in total. The smallest absolute Gasteiger partial charge is 0.416 e. The Morgan fingerprint density at radius 2 is 1.68 bits per heavy atom. The van der Waals surface area contributed by atoms with Gasteiger partial charge in [-0.15, -0.1) is 0 Å². The summed E-state index contributed by atoms with van der Waals surface area (Å²) in [4.78, 5) is 32.9. The summed E-state index contributed by atoms with van der Waals surface area (Å²) >= 11 is 0. The first-order chi connectivity index (χ1) is 15.0. The van der Waals surface area contributed by atoms with Crippen LogP contribution in [0.5, 0.6) is 0 Å². The fourth-order valence-corrected chi connectivity index (χ4v) is 3.89. The Bertz CT molecular complexity index is 841. The van der Waals surface area contributed by atoms with Crippen molar-refractivity contribution in [3.05, 3.63) is 71.8 Å². The molecule has 0 saturated carbocycles. The highest BCUT2D eigenvalue weighted by Crippen LogP contribution is 2.25. The maximum atomic E-state index is 13.5. The number of cyclic esters (lactones) is 1. The topological polar surface area (TPSA) is 67.9 Å². The van der Waals surface area contributed by atoms with Gasteiger partial charge in [-0.3, -0.25) is 9.63 Å². The number of carbonyl (C=O) groups is 2. The van der Waals surface area contributed by atoms with Gasteiger partial charge in [0.2, 0.25) is 5.91 Å². The first-order valence-electron chi connectivity index (χ1n) is 10.9. The van der Waals surface area contributed by atoms with Gasteiger partial charge in [-0.1, -0.05) is 74.5 Å². The zero-order chi connectivity index (χ0) is 22.2. The summed E-state index contributed by atoms with van der Waals surface area (Å²) in [6.45, 7) is 6.68. The predicted octanol–water partition coefficient (Wildman–Crippen LogP) is 4.35. The van der Waals surface area contributed by atoms with Crippen LogP contribution in [0.1, 0.15) is 38.3 Å². The monoisotopic (exact) mass is 424 g/mol. The van der Waals surface area contributed by atoms with Crippen molar-refractivity contribution in [3.63, 3.8) is 0 Å². The minimum absolute atomic E-state index is 0.208. The van der Waals surface area contributed by atoms with Crippen molar-refractivity contribution >= 4 is 12.0 Å². The van der Waals surface area contributed by atoms with Crippen molar-refractivity contribution in [2.45, 2.75) is 52.3 Å². The normalized spacial score (nSPS) is 18.1. The number of carbonyl (C=O) groups excluding carboxylic acids is 2. The number of hydrogen-bond acceptors (Lipinski definition) is 5. The van der Waals surface area contributed by atoms with Gasteiger partial charge in [0.1, 0.15) is 6.61 Å². The Morgan fingerprint density at radius 3 is 2.29 bits per heavy atom. The van der Waals surface area contributed by atoms with E-state index in [-0.39, 0.29) is 24.6 Å². The van der Waals surface area contributed by atoms with Crippen LogP contribution < -0.4 is 5.48 Å². The molecule has 0 bridgehead atoms. The summed E-state index contributed by atoms with van der Waals surface area (Å²) in [6, 6.07) is 19.1. The van der Waals surface area contributed by atoms with Crippen LogP contribution in [-0.2, 0) is 27.4 Å². The van der Waals surface area contributed by atoms with Crippen LogP contribution in [0.3, 0.4) is 0 Å². The van der Waals surface area contributed by atoms with Crippen LogP contribution in [-0.4, -0.2) is 35.6 Å². The van der Waals surface area contributed by atoms with E-state index < -0.39 is 12.0 Å². The molecule has 31 heavy (non-hydrogen) atoms. The zero-order valence-electron chi connectivity index (χ0n) is 18.5. The van der Waals surface area contributed by atoms with Crippen LogP contribution in [0, 0.1) is 11.8 Å². The van der Waals surface area contributed by atoms with Crippen molar-refractivity contribution in [1.29, 1.82) is 0 Å². The van der Waals surface area contributed by atoms with E-state index >= 15 is 0 Å². The first kappa shape index (κ1) is 23.0. The maximum absolute atomic E-state index is 13.5. The van der Waals surface area contributed by atoms with Gasteiger partial charge in [0.05, 0.1) is 18.6 Å². The van der Waals surface area contributed by atoms with Crippen LogP contribution in [0.25, 0.3) is 0 Å². The summed E-state index contributed by atoms with van der Waals surface area (Å²) in [6.07, 6.45) is 0.667. The Labute approximate surface area is 184 Å². The first-order valence-corrected chi connectivity index (χ1v) is 10.9. The number of rotatable bonds is 10. The molecule has 0 spiro atoms. The third kappa shape index (κ3) is 6.39. The largest absolute Gasteiger partial charge is 0.447 e. The van der Waals surface area contributed by atoms with Crippen LogP contribution >= 0.6 is 0 Å². The van der Waals surface area contributed by atoms with Crippen LogP contribution in [0.15, 0.2) is 60.7 Å². The lowest BCUT2D eigenvalue weighted by molar-refractivity contribution is -0.137. The third-order valence-electron chi connectivity index (χ3n) is 5.51. The highest BCUT2D eigenvalue weighted by Gasteiger charge is 2.42. The molecule has 2 aromatic rings. The second kappa shape index (κ2) is 11.1. The average molecular weight is 425 g/mol. The highest BCUT2D eigenvalue weighted by molar-refractivity contribution is 5.95. The molecule has 1 aliphatic rings. The maximum Gasteiger partial charge on any atom is 0.416 e. The van der Waals surface area contributed by atoms with E-state index in [0.717, 1.165) is 11.1 Å². The van der Waals surface area contributed by atoms with Crippen molar-refractivity contribution in [2.24, 2.45) is 11.8 Å². The number of imide groups is 1. The van der Waals surface area contributed by atoms with E-state index in [1.165, 1.54) is 4.90 Å². The fourth-order valence-electron chi connectivity index (χ4n) is 3.89. The summed E-state index contributed by atoms with van der Waals surface area (Å²) in [5, 5.41) is 0. The van der Waals surface area contributed by atoms with Gasteiger partial charge in [-0.05, 0) is 36.8 Å². The summed E-state index contributed by atoms with van der Waals surface area (Å²) < 4.78 is 5.26. The molecule has 1 unspecified atom stereocenters. The molecule has 1 heterocycles. The molecule has 3 atom stereocenters. The Balaban J connectivity index is 1.67. The molecule has 2 amide bonds. The molecule has 0 radical (unpaired) electrons. The van der Waals surface area contributed by atoms with E-state index in [2.05, 4.69) is 19.3 Å². The Kier molecular flexibility index (Phi) is 8.20. The van der Waals surface area contributed by atoms with Gasteiger partial charge in [0, 0.05) is 6.04 Å². The molecular formula is C25H32N2O4. The van der Waals surface area contributed by atoms with E-state index in [0.29, 0.717) is 25.4 Å². The molecule has 3 rings (SSSR count). The zero-order valence-corrected chi connectivity index (χ0v) is 18.5. The lowest BCUT2D eigenvalue weighted by Crippen LogP contribution is -2.49. The number of ether oxygens (including phenoxy) is 1. The molecule has 1 saturated heterocycles. The van der Waals surface area contributed by atoms with Gasteiger partial charge in [-0.25, -0.2) is 9.69 Å². The minimum atomic E-state index is -0.558. The molecule has 2 aromatic carbocycles. The van der Waals surface area contributed by atoms with Crippen molar-refractivity contribution in [1.82, 2.24) is 10.4 Å². The minimum Gasteiger partial charge on any atom is -0.447 e. The number of hydrogen-bond donors (Lipinski definition) is 1. The average Bonchev–Trinajstić information content (AvgIpc) is 3.12. The summed E-state index contributed by atoms with van der Waals surface area (Å²) in [5.41, 5.74) is 5.13. The second-order valence-electron chi connectivity index (χ2n) is 8.55. The third-order valence-corrected chi connectivity index (χ3v) is 5.51. The molecule has 166 valence electrons. The van der Waals surface area contributed by atoms with Crippen molar-refractivity contribution < 1.29 is 19.2 Å². The summed E-state index contributed by atoms with van der Waals surface area (Å²) in [5.74, 6) is -0.321. The SMILES string of the molecule is CC(C)C[C@@H](C(=O)N1C(=O)OC[C@@H]1Cc1ccccc1)C(C)NOCc1ccccc1. The van der Waals surface area contributed by atoms with E-state index in [1.54, 1.807) is 0 Å². The molecule has 0 aromatic heterocycles. The highest BCUT2D eigenvalue weighted by atomic mass is 16.6. The lowest BCUT2D eigenvalue weighted by atomic mass is 9.89. The van der Waals surface area contributed by atoms with Gasteiger partial charge in [-0.2, -0.15) is 5.48 Å². The lowest BCUT2D eigenvalue weighted by Gasteiger charge is -2.30. The molecule has 1 aliphatic heterocycles. The number of hydroxylamine groups is 1. The van der Waals surface area contributed by atoms with Gasteiger partial charge < -0.3 is 4.74 Å². The fraction of sp³-hybridized carbons (Fsp3) is 0.440. The molecular weight excluding hydrogens is 392 g/mol. The molecule has 0 aliphatic carbocycles. The Morgan fingerprint density at radius 1 is 1.06 bits per heavy atom. The quantitative estimate of drug-likeness (QED) is 0.575. The van der Waals surface area contributed by atoms with Crippen molar-refractivity contribution in [2.75, 3.05) is 6.61 Å². The molecule has 1 fully saturated rings. The Hall–Kier alpha value is -2.70. The van der Waals surface area contributed by atoms with E-state index in [1.807, 2.05) is 67.6 Å². The standard InChI is InChI=1S/C25H32N2O4/c1-18(2)14-23(19(3)26-31-16-21-12-8-5-9-13-21)24(28)27-22(17-30-25(27)29)15-20-10-6-4-7-11-20/h4-13,18-19,22-23,26H,14-17H2,1-3H3/t19?,22-,23+/m0/s1.